The first kappa shape index (κ1) is 11.9. The van der Waals surface area contributed by atoms with E-state index in [1.165, 1.54) is 5.56 Å². The zero-order valence-electron chi connectivity index (χ0n) is 10.7. The fourth-order valence-corrected chi connectivity index (χ4v) is 2.68. The summed E-state index contributed by atoms with van der Waals surface area (Å²) in [5.74, 6) is 0. The van der Waals surface area contributed by atoms with E-state index in [9.17, 15) is 5.26 Å². The van der Waals surface area contributed by atoms with E-state index in [-0.39, 0.29) is 0 Å². The fourth-order valence-electron chi connectivity index (χ4n) is 2.68. The van der Waals surface area contributed by atoms with E-state index in [1.807, 2.05) is 12.1 Å². The molecule has 0 spiro atoms. The van der Waals surface area contributed by atoms with E-state index in [4.69, 9.17) is 0 Å². The van der Waals surface area contributed by atoms with E-state index in [2.05, 4.69) is 43.1 Å². The number of rotatable bonds is 1. The first-order chi connectivity index (χ1) is 8.11. The number of benzene rings is 1. The lowest BCUT2D eigenvalue weighted by atomic mass is 10.0. The highest BCUT2D eigenvalue weighted by Crippen LogP contribution is 2.26. The summed E-state index contributed by atoms with van der Waals surface area (Å²) in [4.78, 5) is 2.33. The van der Waals surface area contributed by atoms with Crippen molar-refractivity contribution in [2.45, 2.75) is 32.9 Å². The molecule has 2 atom stereocenters. The molecule has 1 fully saturated rings. The van der Waals surface area contributed by atoms with Crippen LogP contribution in [0, 0.1) is 18.3 Å². The molecule has 1 heterocycles. The van der Waals surface area contributed by atoms with Crippen molar-refractivity contribution in [2.24, 2.45) is 0 Å². The van der Waals surface area contributed by atoms with Crippen LogP contribution in [0.3, 0.4) is 0 Å². The lowest BCUT2D eigenvalue weighted by molar-refractivity contribution is 0.406. The van der Waals surface area contributed by atoms with Crippen LogP contribution in [-0.4, -0.2) is 25.2 Å². The monoisotopic (exact) mass is 229 g/mol. The molecule has 0 aliphatic carbocycles. The van der Waals surface area contributed by atoms with Gasteiger partial charge in [0.05, 0.1) is 11.3 Å². The Balaban J connectivity index is 2.36. The van der Waals surface area contributed by atoms with Gasteiger partial charge >= 0.3 is 0 Å². The summed E-state index contributed by atoms with van der Waals surface area (Å²) < 4.78 is 0. The second kappa shape index (κ2) is 4.77. The molecule has 3 nitrogen and oxygen atoms in total. The molecular weight excluding hydrogens is 210 g/mol. The molecule has 1 aliphatic rings. The van der Waals surface area contributed by atoms with Gasteiger partial charge in [0.15, 0.2) is 0 Å². The molecule has 0 aromatic heterocycles. The zero-order chi connectivity index (χ0) is 12.4. The van der Waals surface area contributed by atoms with Gasteiger partial charge in [0.2, 0.25) is 0 Å². The van der Waals surface area contributed by atoms with Crippen molar-refractivity contribution in [3.05, 3.63) is 29.3 Å². The molecule has 3 heteroatoms. The average Bonchev–Trinajstić information content (AvgIpc) is 2.27. The van der Waals surface area contributed by atoms with Crippen molar-refractivity contribution in [1.29, 1.82) is 5.26 Å². The topological polar surface area (TPSA) is 39.1 Å². The first-order valence-electron chi connectivity index (χ1n) is 6.12. The van der Waals surface area contributed by atoms with Crippen LogP contribution < -0.4 is 10.2 Å². The first-order valence-corrected chi connectivity index (χ1v) is 6.12. The van der Waals surface area contributed by atoms with Crippen LogP contribution in [0.15, 0.2) is 18.2 Å². The zero-order valence-corrected chi connectivity index (χ0v) is 10.7. The third kappa shape index (κ3) is 2.42. The minimum atomic E-state index is 0.463. The van der Waals surface area contributed by atoms with Crippen LogP contribution in [-0.2, 0) is 0 Å². The Morgan fingerprint density at radius 2 is 1.94 bits per heavy atom. The largest absolute Gasteiger partial charge is 0.367 e. The van der Waals surface area contributed by atoms with E-state index >= 15 is 0 Å². The van der Waals surface area contributed by atoms with Gasteiger partial charge in [-0.2, -0.15) is 5.26 Å². The van der Waals surface area contributed by atoms with Crippen LogP contribution in [0.1, 0.15) is 25.0 Å². The second-order valence-corrected chi connectivity index (χ2v) is 4.96. The molecule has 1 saturated heterocycles. The van der Waals surface area contributed by atoms with Gasteiger partial charge in [-0.15, -0.1) is 0 Å². The number of hydrogen-bond donors (Lipinski definition) is 1. The predicted octanol–water partition coefficient (Wildman–Crippen LogP) is 2.05. The average molecular weight is 229 g/mol. The number of hydrogen-bond acceptors (Lipinski definition) is 3. The summed E-state index contributed by atoms with van der Waals surface area (Å²) in [5, 5.41) is 12.7. The van der Waals surface area contributed by atoms with Gasteiger partial charge in [0, 0.05) is 25.2 Å². The number of para-hydroxylation sites is 1. The highest BCUT2D eigenvalue weighted by atomic mass is 15.2. The number of nitriles is 1. The number of anilines is 1. The molecule has 1 aliphatic heterocycles. The van der Waals surface area contributed by atoms with Gasteiger partial charge in [-0.05, 0) is 32.4 Å². The summed E-state index contributed by atoms with van der Waals surface area (Å²) in [7, 11) is 0. The Hall–Kier alpha value is -1.53. The van der Waals surface area contributed by atoms with Crippen LogP contribution in [0.25, 0.3) is 0 Å². The van der Waals surface area contributed by atoms with Crippen molar-refractivity contribution < 1.29 is 0 Å². The Labute approximate surface area is 103 Å². The van der Waals surface area contributed by atoms with Crippen molar-refractivity contribution in [3.63, 3.8) is 0 Å². The minimum absolute atomic E-state index is 0.463. The van der Waals surface area contributed by atoms with Gasteiger partial charge in [0.1, 0.15) is 6.07 Å². The van der Waals surface area contributed by atoms with Crippen molar-refractivity contribution in [2.75, 3.05) is 18.0 Å². The lowest BCUT2D eigenvalue weighted by Gasteiger charge is -2.38. The minimum Gasteiger partial charge on any atom is -0.367 e. The lowest BCUT2D eigenvalue weighted by Crippen LogP contribution is -2.54. The summed E-state index contributed by atoms with van der Waals surface area (Å²) >= 11 is 0. The quantitative estimate of drug-likeness (QED) is 0.801. The maximum absolute atomic E-state index is 9.21. The standard InChI is InChI=1S/C14H19N3/c1-10-5-4-6-13(7-15)14(10)17-8-11(2)16-12(3)9-17/h4-6,11-12,16H,8-9H2,1-3H3. The van der Waals surface area contributed by atoms with Crippen LogP contribution in [0.5, 0.6) is 0 Å². The van der Waals surface area contributed by atoms with E-state index < -0.39 is 0 Å². The SMILES string of the molecule is Cc1cccc(C#N)c1N1CC(C)NC(C)C1. The van der Waals surface area contributed by atoms with E-state index in [0.717, 1.165) is 24.3 Å². The van der Waals surface area contributed by atoms with Crippen LogP contribution in [0.2, 0.25) is 0 Å². The molecule has 0 saturated carbocycles. The Bertz CT molecular complexity index is 437. The van der Waals surface area contributed by atoms with Gasteiger partial charge in [0.25, 0.3) is 0 Å². The molecule has 17 heavy (non-hydrogen) atoms. The summed E-state index contributed by atoms with van der Waals surface area (Å²) in [6, 6.07) is 9.16. The number of nitrogens with one attached hydrogen (secondary N) is 1. The molecule has 90 valence electrons. The third-order valence-electron chi connectivity index (χ3n) is 3.23. The predicted molar refractivity (Wildman–Crippen MR) is 70.2 cm³/mol. The fraction of sp³-hybridized carbons (Fsp3) is 0.500. The second-order valence-electron chi connectivity index (χ2n) is 4.96. The van der Waals surface area contributed by atoms with Gasteiger partial charge in [-0.3, -0.25) is 0 Å². The molecule has 0 radical (unpaired) electrons. The highest BCUT2D eigenvalue weighted by Gasteiger charge is 2.23. The van der Waals surface area contributed by atoms with Gasteiger partial charge in [-0.1, -0.05) is 12.1 Å². The normalized spacial score (nSPS) is 24.5. The molecule has 0 amide bonds. The maximum atomic E-state index is 9.21. The number of piperazine rings is 1. The highest BCUT2D eigenvalue weighted by molar-refractivity contribution is 5.64. The molecule has 1 aromatic rings. The number of nitrogens with zero attached hydrogens (tertiary/aromatic N) is 2. The smallest absolute Gasteiger partial charge is 0.101 e. The Morgan fingerprint density at radius 1 is 1.29 bits per heavy atom. The molecule has 2 unspecified atom stereocenters. The Morgan fingerprint density at radius 3 is 2.53 bits per heavy atom. The molecule has 0 bridgehead atoms. The summed E-state index contributed by atoms with van der Waals surface area (Å²) in [6.45, 7) is 8.38. The third-order valence-corrected chi connectivity index (χ3v) is 3.23. The molecular formula is C14H19N3. The van der Waals surface area contributed by atoms with Crippen LogP contribution >= 0.6 is 0 Å². The van der Waals surface area contributed by atoms with Crippen molar-refractivity contribution in [3.8, 4) is 6.07 Å². The number of aryl methyl sites for hydroxylation is 1. The van der Waals surface area contributed by atoms with Gasteiger partial charge in [-0.25, -0.2) is 0 Å². The summed E-state index contributed by atoms with van der Waals surface area (Å²) in [6.07, 6.45) is 0. The maximum Gasteiger partial charge on any atom is 0.101 e. The summed E-state index contributed by atoms with van der Waals surface area (Å²) in [5.41, 5.74) is 3.08. The van der Waals surface area contributed by atoms with E-state index in [1.54, 1.807) is 0 Å². The van der Waals surface area contributed by atoms with Crippen LogP contribution in [0.4, 0.5) is 5.69 Å². The molecule has 1 aromatic carbocycles. The van der Waals surface area contributed by atoms with Crippen molar-refractivity contribution >= 4 is 5.69 Å². The molecule has 2 rings (SSSR count). The van der Waals surface area contributed by atoms with E-state index in [0.29, 0.717) is 12.1 Å². The van der Waals surface area contributed by atoms with Crippen molar-refractivity contribution in [1.82, 2.24) is 5.32 Å². The Kier molecular flexibility index (Phi) is 3.35. The molecule has 1 N–H and O–H groups in total. The van der Waals surface area contributed by atoms with Gasteiger partial charge < -0.3 is 10.2 Å².